The van der Waals surface area contributed by atoms with Crippen molar-refractivity contribution in [3.63, 3.8) is 0 Å². The van der Waals surface area contributed by atoms with E-state index in [1.165, 1.54) is 12.1 Å². The number of alkyl halides is 3. The number of methoxy groups -OCH3 is 1. The van der Waals surface area contributed by atoms with Gasteiger partial charge < -0.3 is 29.9 Å². The number of nitrogens with one attached hydrogen (secondary N) is 2. The van der Waals surface area contributed by atoms with Crippen LogP contribution in [-0.4, -0.2) is 64.0 Å². The van der Waals surface area contributed by atoms with Crippen molar-refractivity contribution < 1.29 is 32.2 Å². The molecule has 0 aromatic heterocycles. The summed E-state index contributed by atoms with van der Waals surface area (Å²) in [5.74, 6) is -0.236. The van der Waals surface area contributed by atoms with Crippen molar-refractivity contribution in [2.24, 2.45) is 0 Å². The third-order valence-corrected chi connectivity index (χ3v) is 6.29. The quantitative estimate of drug-likeness (QED) is 0.622. The van der Waals surface area contributed by atoms with Crippen LogP contribution in [0.5, 0.6) is 0 Å². The Balaban J connectivity index is 1.37. The molecule has 2 heterocycles. The predicted molar refractivity (Wildman–Crippen MR) is 129 cm³/mol. The van der Waals surface area contributed by atoms with Gasteiger partial charge in [-0.3, -0.25) is 4.79 Å². The summed E-state index contributed by atoms with van der Waals surface area (Å²) >= 11 is 0. The van der Waals surface area contributed by atoms with E-state index >= 15 is 0 Å². The van der Waals surface area contributed by atoms with Crippen molar-refractivity contribution in [1.82, 2.24) is 5.32 Å². The Kier molecular flexibility index (Phi) is 8.00. The monoisotopic (exact) mass is 506 g/mol. The molecule has 2 atom stereocenters. The van der Waals surface area contributed by atoms with E-state index in [0.717, 1.165) is 30.1 Å². The highest BCUT2D eigenvalue weighted by molar-refractivity contribution is 6.01. The molecule has 2 N–H and O–H groups in total. The summed E-state index contributed by atoms with van der Waals surface area (Å²) in [5, 5.41) is 5.13. The fourth-order valence-corrected chi connectivity index (χ4v) is 4.48. The summed E-state index contributed by atoms with van der Waals surface area (Å²) in [6.07, 6.45) is -3.29. The number of anilines is 3. The Bertz CT molecular complexity index is 1040. The Morgan fingerprint density at radius 2 is 1.78 bits per heavy atom. The maximum atomic E-state index is 13.1. The van der Waals surface area contributed by atoms with Crippen molar-refractivity contribution in [2.75, 3.05) is 55.1 Å². The van der Waals surface area contributed by atoms with Crippen LogP contribution in [0.3, 0.4) is 0 Å². The lowest BCUT2D eigenvalue weighted by Crippen LogP contribution is -2.53. The van der Waals surface area contributed by atoms with E-state index in [2.05, 4.69) is 15.5 Å². The molecule has 4 rings (SSSR count). The largest absolute Gasteiger partial charge is 0.416 e. The standard InChI is InChI=1S/C25H29F3N4O4/c1-35-15-21-16-36-14-13-31(21)19-8-10-20(11-9-19)32-12-2-3-22(23(32)33)30-24(34)29-18-6-4-17(5-7-18)25(26,27)28/h4-11,21-22H,2-3,12-16H2,1H3,(H2,29,30,34)/t21?,22-/m1/s1. The van der Waals surface area contributed by atoms with Gasteiger partial charge in [-0.15, -0.1) is 0 Å². The second-order valence-electron chi connectivity index (χ2n) is 8.75. The number of halogens is 3. The first-order chi connectivity index (χ1) is 17.3. The van der Waals surface area contributed by atoms with Gasteiger partial charge in [-0.1, -0.05) is 0 Å². The van der Waals surface area contributed by atoms with Gasteiger partial charge in [-0.25, -0.2) is 4.79 Å². The number of morpholine rings is 1. The van der Waals surface area contributed by atoms with Gasteiger partial charge in [0.15, 0.2) is 0 Å². The van der Waals surface area contributed by atoms with E-state index in [4.69, 9.17) is 9.47 Å². The van der Waals surface area contributed by atoms with Crippen molar-refractivity contribution in [3.8, 4) is 0 Å². The molecule has 3 amide bonds. The van der Waals surface area contributed by atoms with Gasteiger partial charge in [0.1, 0.15) is 6.04 Å². The smallest absolute Gasteiger partial charge is 0.382 e. The van der Waals surface area contributed by atoms with Crippen LogP contribution < -0.4 is 20.4 Å². The third kappa shape index (κ3) is 6.08. The van der Waals surface area contributed by atoms with Gasteiger partial charge in [0.05, 0.1) is 31.4 Å². The zero-order chi connectivity index (χ0) is 25.7. The molecule has 36 heavy (non-hydrogen) atoms. The van der Waals surface area contributed by atoms with Crippen LogP contribution >= 0.6 is 0 Å². The molecule has 2 aliphatic heterocycles. The molecule has 2 aliphatic rings. The second kappa shape index (κ2) is 11.2. The van der Waals surface area contributed by atoms with Crippen LogP contribution in [0, 0.1) is 0 Å². The highest BCUT2D eigenvalue weighted by Crippen LogP contribution is 2.30. The maximum Gasteiger partial charge on any atom is 0.416 e. The third-order valence-electron chi connectivity index (χ3n) is 6.29. The molecular weight excluding hydrogens is 477 g/mol. The number of carbonyl (C=O) groups is 2. The Morgan fingerprint density at radius 3 is 2.44 bits per heavy atom. The van der Waals surface area contributed by atoms with Crippen molar-refractivity contribution >= 4 is 29.0 Å². The predicted octanol–water partition coefficient (Wildman–Crippen LogP) is 3.87. The van der Waals surface area contributed by atoms with Gasteiger partial charge in [-0.2, -0.15) is 13.2 Å². The van der Waals surface area contributed by atoms with Crippen LogP contribution in [0.4, 0.5) is 35.0 Å². The minimum atomic E-state index is -4.45. The fraction of sp³-hybridized carbons (Fsp3) is 0.440. The van der Waals surface area contributed by atoms with E-state index in [-0.39, 0.29) is 17.6 Å². The summed E-state index contributed by atoms with van der Waals surface area (Å²) in [5.41, 5.74) is 1.14. The normalized spacial score (nSPS) is 20.8. The second-order valence-corrected chi connectivity index (χ2v) is 8.75. The van der Waals surface area contributed by atoms with Crippen molar-refractivity contribution in [3.05, 3.63) is 54.1 Å². The highest BCUT2D eigenvalue weighted by Gasteiger charge is 2.32. The summed E-state index contributed by atoms with van der Waals surface area (Å²) in [6, 6.07) is 10.5. The van der Waals surface area contributed by atoms with Gasteiger partial charge in [0, 0.05) is 37.3 Å². The number of hydrogen-bond acceptors (Lipinski definition) is 5. The number of ether oxygens (including phenoxy) is 2. The average Bonchev–Trinajstić information content (AvgIpc) is 2.86. The van der Waals surface area contributed by atoms with Gasteiger partial charge in [0.25, 0.3) is 0 Å². The minimum absolute atomic E-state index is 0.114. The Morgan fingerprint density at radius 1 is 1.08 bits per heavy atom. The molecule has 0 saturated carbocycles. The molecule has 8 nitrogen and oxygen atoms in total. The average molecular weight is 507 g/mol. The molecule has 2 saturated heterocycles. The number of rotatable bonds is 6. The molecule has 194 valence electrons. The SMILES string of the molecule is COCC1COCCN1c1ccc(N2CCC[C@@H](NC(=O)Nc3ccc(C(F)(F)F)cc3)C2=O)cc1. The lowest BCUT2D eigenvalue weighted by molar-refractivity contribution is -0.137. The summed E-state index contributed by atoms with van der Waals surface area (Å²) in [6.45, 7) is 3.04. The van der Waals surface area contributed by atoms with Crippen LogP contribution in [0.1, 0.15) is 18.4 Å². The lowest BCUT2D eigenvalue weighted by atomic mass is 10.0. The van der Waals surface area contributed by atoms with Gasteiger partial charge >= 0.3 is 12.2 Å². The molecule has 0 aliphatic carbocycles. The van der Waals surface area contributed by atoms with Gasteiger partial charge in [0.2, 0.25) is 5.91 Å². The number of piperidine rings is 1. The van der Waals surface area contributed by atoms with E-state index < -0.39 is 23.8 Å². The first kappa shape index (κ1) is 25.8. The van der Waals surface area contributed by atoms with Crippen LogP contribution in [-0.2, 0) is 20.4 Å². The van der Waals surface area contributed by atoms with Crippen LogP contribution in [0.15, 0.2) is 48.5 Å². The number of urea groups is 1. The Hall–Kier alpha value is -3.31. The molecule has 0 spiro atoms. The molecule has 11 heteroatoms. The van der Waals surface area contributed by atoms with E-state index in [0.29, 0.717) is 39.2 Å². The molecule has 2 aromatic carbocycles. The van der Waals surface area contributed by atoms with Gasteiger partial charge in [-0.05, 0) is 61.4 Å². The number of amides is 3. The van der Waals surface area contributed by atoms with Crippen LogP contribution in [0.25, 0.3) is 0 Å². The summed E-state index contributed by atoms with van der Waals surface area (Å²) < 4.78 is 49.0. The minimum Gasteiger partial charge on any atom is -0.382 e. The summed E-state index contributed by atoms with van der Waals surface area (Å²) in [4.78, 5) is 29.4. The highest BCUT2D eigenvalue weighted by atomic mass is 19.4. The van der Waals surface area contributed by atoms with E-state index in [9.17, 15) is 22.8 Å². The van der Waals surface area contributed by atoms with E-state index in [1.807, 2.05) is 24.3 Å². The number of benzene rings is 2. The molecule has 2 fully saturated rings. The topological polar surface area (TPSA) is 83.1 Å². The lowest BCUT2D eigenvalue weighted by Gasteiger charge is -2.37. The zero-order valence-electron chi connectivity index (χ0n) is 19.9. The first-order valence-electron chi connectivity index (χ1n) is 11.8. The summed E-state index contributed by atoms with van der Waals surface area (Å²) in [7, 11) is 1.66. The molecule has 0 radical (unpaired) electrons. The molecule has 2 aromatic rings. The fourth-order valence-electron chi connectivity index (χ4n) is 4.48. The number of hydrogen-bond donors (Lipinski definition) is 2. The zero-order valence-corrected chi connectivity index (χ0v) is 19.9. The Labute approximate surface area is 207 Å². The number of nitrogens with zero attached hydrogens (tertiary/aromatic N) is 2. The van der Waals surface area contributed by atoms with Crippen molar-refractivity contribution in [2.45, 2.75) is 31.1 Å². The molecule has 0 bridgehead atoms. The molecular formula is C25H29F3N4O4. The molecule has 1 unspecified atom stereocenters. The van der Waals surface area contributed by atoms with E-state index in [1.54, 1.807) is 12.0 Å². The number of carbonyl (C=O) groups excluding carboxylic acids is 2. The van der Waals surface area contributed by atoms with Crippen molar-refractivity contribution in [1.29, 1.82) is 0 Å². The van der Waals surface area contributed by atoms with Crippen LogP contribution in [0.2, 0.25) is 0 Å². The maximum absolute atomic E-state index is 13.1. The first-order valence-corrected chi connectivity index (χ1v) is 11.8.